The number of methoxy groups -OCH3 is 2. The summed E-state index contributed by atoms with van der Waals surface area (Å²) in [6.45, 7) is 2.04. The highest BCUT2D eigenvalue weighted by atomic mass is 16.6. The second-order valence-electron chi connectivity index (χ2n) is 6.12. The van der Waals surface area contributed by atoms with E-state index in [1.165, 1.54) is 0 Å². The molecule has 2 aromatic rings. The lowest BCUT2D eigenvalue weighted by atomic mass is 10.1. The lowest BCUT2D eigenvalue weighted by molar-refractivity contribution is -0.150. The number of benzene rings is 2. The quantitative estimate of drug-likeness (QED) is 0.530. The fraction of sp³-hybridized carbons (Fsp3) is 0.364. The summed E-state index contributed by atoms with van der Waals surface area (Å²) in [6, 6.07) is 12.6. The summed E-state index contributed by atoms with van der Waals surface area (Å²) in [7, 11) is 3.14. The van der Waals surface area contributed by atoms with Gasteiger partial charge in [-0.05, 0) is 43.2 Å². The maximum atomic E-state index is 11.9. The number of carbonyl (C=O) groups excluding carboxylic acids is 2. The first-order chi connectivity index (χ1) is 14.6. The van der Waals surface area contributed by atoms with Gasteiger partial charge < -0.3 is 29.0 Å². The molecule has 0 aliphatic heterocycles. The minimum absolute atomic E-state index is 0.316. The van der Waals surface area contributed by atoms with Gasteiger partial charge in [0.1, 0.15) is 0 Å². The lowest BCUT2D eigenvalue weighted by Gasteiger charge is -2.11. The van der Waals surface area contributed by atoms with Crippen molar-refractivity contribution in [3.8, 4) is 23.0 Å². The van der Waals surface area contributed by atoms with Crippen molar-refractivity contribution in [2.24, 2.45) is 0 Å². The largest absolute Gasteiger partial charge is 0.493 e. The highest BCUT2D eigenvalue weighted by Crippen LogP contribution is 2.27. The van der Waals surface area contributed by atoms with Gasteiger partial charge in [0.25, 0.3) is 5.91 Å². The minimum Gasteiger partial charge on any atom is -0.493 e. The Morgan fingerprint density at radius 3 is 2.23 bits per heavy atom. The molecular weight excluding hydrogens is 390 g/mol. The molecule has 0 saturated heterocycles. The topological polar surface area (TPSA) is 92.3 Å². The summed E-state index contributed by atoms with van der Waals surface area (Å²) in [6.07, 6.45) is 0.595. The van der Waals surface area contributed by atoms with E-state index in [1.807, 2.05) is 31.2 Å². The molecule has 0 atom stereocenters. The molecule has 0 aromatic heterocycles. The monoisotopic (exact) mass is 417 g/mol. The van der Waals surface area contributed by atoms with Crippen LogP contribution in [0.5, 0.6) is 23.0 Å². The van der Waals surface area contributed by atoms with Crippen LogP contribution in [0.3, 0.4) is 0 Å². The molecular formula is C22H27NO7. The van der Waals surface area contributed by atoms with Crippen LogP contribution in [0, 0.1) is 0 Å². The van der Waals surface area contributed by atoms with E-state index in [4.69, 9.17) is 23.7 Å². The molecule has 0 bridgehead atoms. The van der Waals surface area contributed by atoms with E-state index in [0.29, 0.717) is 42.6 Å². The minimum atomic E-state index is -0.642. The number of para-hydroxylation sites is 2. The number of ether oxygens (including phenoxy) is 5. The van der Waals surface area contributed by atoms with E-state index in [-0.39, 0.29) is 13.2 Å². The Morgan fingerprint density at radius 1 is 0.867 bits per heavy atom. The molecule has 1 N–H and O–H groups in total. The number of hydrogen-bond acceptors (Lipinski definition) is 7. The summed E-state index contributed by atoms with van der Waals surface area (Å²) >= 11 is 0. The van der Waals surface area contributed by atoms with Gasteiger partial charge in [0.05, 0.1) is 20.8 Å². The molecule has 1 amide bonds. The fourth-order valence-electron chi connectivity index (χ4n) is 2.60. The highest BCUT2D eigenvalue weighted by molar-refractivity contribution is 5.80. The molecule has 2 aromatic carbocycles. The number of carbonyl (C=O) groups is 2. The number of hydrogen-bond donors (Lipinski definition) is 1. The van der Waals surface area contributed by atoms with E-state index < -0.39 is 11.9 Å². The maximum Gasteiger partial charge on any atom is 0.344 e. The summed E-state index contributed by atoms with van der Waals surface area (Å²) in [5.41, 5.74) is 0.978. The van der Waals surface area contributed by atoms with Crippen LogP contribution in [0.4, 0.5) is 0 Å². The van der Waals surface area contributed by atoms with Gasteiger partial charge >= 0.3 is 5.97 Å². The molecule has 8 nitrogen and oxygen atoms in total. The van der Waals surface area contributed by atoms with Gasteiger partial charge in [-0.25, -0.2) is 4.79 Å². The lowest BCUT2D eigenvalue weighted by Crippen LogP contribution is -2.31. The van der Waals surface area contributed by atoms with E-state index in [2.05, 4.69) is 5.32 Å². The van der Waals surface area contributed by atoms with Crippen LogP contribution >= 0.6 is 0 Å². The van der Waals surface area contributed by atoms with Crippen LogP contribution in [0.1, 0.15) is 12.5 Å². The van der Waals surface area contributed by atoms with Crippen LogP contribution in [-0.2, 0) is 20.7 Å². The second-order valence-corrected chi connectivity index (χ2v) is 6.12. The van der Waals surface area contributed by atoms with Gasteiger partial charge in [-0.15, -0.1) is 0 Å². The zero-order valence-corrected chi connectivity index (χ0v) is 17.4. The number of rotatable bonds is 12. The molecule has 0 saturated carbocycles. The van der Waals surface area contributed by atoms with Crippen molar-refractivity contribution in [2.45, 2.75) is 13.3 Å². The van der Waals surface area contributed by atoms with Crippen LogP contribution < -0.4 is 24.3 Å². The number of esters is 1. The smallest absolute Gasteiger partial charge is 0.344 e. The van der Waals surface area contributed by atoms with E-state index in [9.17, 15) is 9.59 Å². The van der Waals surface area contributed by atoms with Crippen molar-refractivity contribution >= 4 is 11.9 Å². The van der Waals surface area contributed by atoms with E-state index >= 15 is 0 Å². The van der Waals surface area contributed by atoms with Crippen molar-refractivity contribution in [3.05, 3.63) is 48.0 Å². The fourth-order valence-corrected chi connectivity index (χ4v) is 2.60. The zero-order chi connectivity index (χ0) is 21.8. The van der Waals surface area contributed by atoms with Crippen molar-refractivity contribution in [3.63, 3.8) is 0 Å². The van der Waals surface area contributed by atoms with Gasteiger partial charge in [0.15, 0.2) is 36.2 Å². The normalized spacial score (nSPS) is 10.1. The SMILES string of the molecule is CCOc1ccccc1OCC(=O)OCC(=O)NCCc1ccc(OC)c(OC)c1. The highest BCUT2D eigenvalue weighted by Gasteiger charge is 2.11. The molecule has 0 radical (unpaired) electrons. The predicted molar refractivity (Wildman–Crippen MR) is 110 cm³/mol. The Morgan fingerprint density at radius 2 is 1.57 bits per heavy atom. The summed E-state index contributed by atoms with van der Waals surface area (Å²) < 4.78 is 26.2. The maximum absolute atomic E-state index is 11.9. The first kappa shape index (κ1) is 22.9. The molecule has 2 rings (SSSR count). The third-order valence-electron chi connectivity index (χ3n) is 4.04. The molecule has 162 valence electrons. The summed E-state index contributed by atoms with van der Waals surface area (Å²) in [5.74, 6) is 1.22. The van der Waals surface area contributed by atoms with Crippen molar-refractivity contribution in [2.75, 3.05) is 40.6 Å². The van der Waals surface area contributed by atoms with Crippen LogP contribution in [0.25, 0.3) is 0 Å². The van der Waals surface area contributed by atoms with Gasteiger partial charge in [-0.2, -0.15) is 0 Å². The van der Waals surface area contributed by atoms with Crippen molar-refractivity contribution in [1.82, 2.24) is 5.32 Å². The van der Waals surface area contributed by atoms with Crippen molar-refractivity contribution < 1.29 is 33.3 Å². The Kier molecular flexibility index (Phi) is 9.30. The molecule has 0 spiro atoms. The van der Waals surface area contributed by atoms with Crippen LogP contribution in [-0.4, -0.2) is 52.5 Å². The number of amides is 1. The molecule has 8 heteroatoms. The Balaban J connectivity index is 1.69. The zero-order valence-electron chi connectivity index (χ0n) is 17.4. The van der Waals surface area contributed by atoms with E-state index in [1.54, 1.807) is 32.4 Å². The third-order valence-corrected chi connectivity index (χ3v) is 4.04. The van der Waals surface area contributed by atoms with Gasteiger partial charge in [0, 0.05) is 6.54 Å². The molecule has 30 heavy (non-hydrogen) atoms. The van der Waals surface area contributed by atoms with Gasteiger partial charge in [0.2, 0.25) is 0 Å². The molecule has 0 aliphatic rings. The van der Waals surface area contributed by atoms with Crippen LogP contribution in [0.2, 0.25) is 0 Å². The first-order valence-corrected chi connectivity index (χ1v) is 9.55. The number of nitrogens with one attached hydrogen (secondary N) is 1. The second kappa shape index (κ2) is 12.2. The Bertz CT molecular complexity index is 838. The van der Waals surface area contributed by atoms with Gasteiger partial charge in [-0.1, -0.05) is 18.2 Å². The standard InChI is InChI=1S/C22H27NO7/c1-4-28-18-7-5-6-8-19(18)29-15-22(25)30-14-21(24)23-12-11-16-9-10-17(26-2)20(13-16)27-3/h5-10,13H,4,11-12,14-15H2,1-3H3,(H,23,24). The first-order valence-electron chi connectivity index (χ1n) is 9.55. The molecule has 0 unspecified atom stereocenters. The molecule has 0 heterocycles. The van der Waals surface area contributed by atoms with E-state index in [0.717, 1.165) is 5.56 Å². The Hall–Kier alpha value is -3.42. The Labute approximate surface area is 176 Å². The van der Waals surface area contributed by atoms with Crippen molar-refractivity contribution in [1.29, 1.82) is 0 Å². The summed E-state index contributed by atoms with van der Waals surface area (Å²) in [4.78, 5) is 23.7. The average Bonchev–Trinajstić information content (AvgIpc) is 2.77. The molecule has 0 fully saturated rings. The predicted octanol–water partition coefficient (Wildman–Crippen LogP) is 2.38. The average molecular weight is 417 g/mol. The van der Waals surface area contributed by atoms with Crippen LogP contribution in [0.15, 0.2) is 42.5 Å². The summed E-state index contributed by atoms with van der Waals surface area (Å²) in [5, 5.41) is 2.70. The third kappa shape index (κ3) is 7.20. The molecule has 0 aliphatic carbocycles. The van der Waals surface area contributed by atoms with Gasteiger partial charge in [-0.3, -0.25) is 4.79 Å².